The fourth-order valence-corrected chi connectivity index (χ4v) is 2.58. The van der Waals surface area contributed by atoms with Crippen molar-refractivity contribution in [2.24, 2.45) is 0 Å². The van der Waals surface area contributed by atoms with Crippen molar-refractivity contribution in [2.45, 2.75) is 18.8 Å². The van der Waals surface area contributed by atoms with Crippen LogP contribution in [0, 0.1) is 0 Å². The van der Waals surface area contributed by atoms with Crippen LogP contribution < -0.4 is 0 Å². The highest BCUT2D eigenvalue weighted by atomic mass is 32.2. The Kier molecular flexibility index (Phi) is 6.35. The maximum Gasteiger partial charge on any atom is 0.333 e. The number of carbonyl (C=O) groups excluding carboxylic acids is 1. The number of hydrogen-bond acceptors (Lipinski definition) is 7. The number of thiol groups is 2. The van der Waals surface area contributed by atoms with Gasteiger partial charge in [-0.3, -0.25) is 0 Å². The number of esters is 1. The molecule has 0 saturated carbocycles. The summed E-state index contributed by atoms with van der Waals surface area (Å²) in [6.07, 6.45) is 0.668. The number of ether oxygens (including phenoxy) is 1. The van der Waals surface area contributed by atoms with Crippen molar-refractivity contribution in [1.82, 2.24) is 0 Å². The molecule has 0 heterocycles. The van der Waals surface area contributed by atoms with E-state index in [0.717, 1.165) is 0 Å². The predicted molar refractivity (Wildman–Crippen MR) is 60.8 cm³/mol. The van der Waals surface area contributed by atoms with E-state index in [1.54, 1.807) is 6.92 Å². The van der Waals surface area contributed by atoms with Crippen molar-refractivity contribution in [3.8, 4) is 0 Å². The second-order valence-corrected chi connectivity index (χ2v) is 5.44. The first-order chi connectivity index (χ1) is 7.73. The highest BCUT2D eigenvalue weighted by Gasteiger charge is 2.31. The molecule has 0 aromatic carbocycles. The van der Waals surface area contributed by atoms with Crippen molar-refractivity contribution < 1.29 is 31.5 Å². The fraction of sp³-hybridized carbons (Fsp3) is 0.625. The number of aliphatic hydroxyl groups is 1. The molecule has 17 heavy (non-hydrogen) atoms. The lowest BCUT2D eigenvalue weighted by molar-refractivity contribution is -0.138. The third-order valence-electron chi connectivity index (χ3n) is 1.72. The normalized spacial score (nSPS) is 15.9. The van der Waals surface area contributed by atoms with E-state index in [1.807, 2.05) is 0 Å². The number of hydrogen-bond donors (Lipinski definition) is 3. The first kappa shape index (κ1) is 16.1. The van der Waals surface area contributed by atoms with Crippen LogP contribution in [0.2, 0.25) is 0 Å². The summed E-state index contributed by atoms with van der Waals surface area (Å²) in [6.45, 7) is 2.86. The molecule has 1 unspecified atom stereocenters. The molecular weight excluding hydrogens is 272 g/mol. The lowest BCUT2D eigenvalue weighted by Crippen LogP contribution is -2.34. The van der Waals surface area contributed by atoms with Crippen LogP contribution in [0.15, 0.2) is 11.6 Å². The maximum atomic E-state index is 11.2. The van der Waals surface area contributed by atoms with Crippen LogP contribution >= 0.6 is 0 Å². The minimum atomic E-state index is -3.46. The molecule has 0 fully saturated rings. The second kappa shape index (κ2) is 6.72. The van der Waals surface area contributed by atoms with Gasteiger partial charge in [-0.1, -0.05) is 0 Å². The van der Waals surface area contributed by atoms with Gasteiger partial charge in [0.2, 0.25) is 0 Å². The average Bonchev–Trinajstić information content (AvgIpc) is 2.16. The van der Waals surface area contributed by atoms with Gasteiger partial charge in [0, 0.05) is 5.57 Å². The molecule has 0 amide bonds. The van der Waals surface area contributed by atoms with Gasteiger partial charge in [0.1, 0.15) is 10.7 Å². The van der Waals surface area contributed by atoms with Gasteiger partial charge in [-0.25, -0.2) is 21.6 Å². The van der Waals surface area contributed by atoms with Gasteiger partial charge in [-0.05, 0) is 19.9 Å². The third kappa shape index (κ3) is 5.29. The Balaban J connectivity index is 5.24. The van der Waals surface area contributed by atoms with E-state index >= 15 is 0 Å². The van der Waals surface area contributed by atoms with E-state index < -0.39 is 38.1 Å². The molecule has 0 aliphatic rings. The van der Waals surface area contributed by atoms with Crippen LogP contribution in [-0.2, 0) is 30.9 Å². The lowest BCUT2D eigenvalue weighted by Gasteiger charge is -2.15. The Labute approximate surface area is 102 Å². The number of rotatable bonds is 6. The topological polar surface area (TPSA) is 115 Å². The first-order valence-electron chi connectivity index (χ1n) is 4.58. The van der Waals surface area contributed by atoms with E-state index in [4.69, 9.17) is 0 Å². The van der Waals surface area contributed by atoms with Crippen LogP contribution in [-0.4, -0.2) is 45.2 Å². The van der Waals surface area contributed by atoms with Gasteiger partial charge in [0.05, 0.1) is 12.4 Å². The van der Waals surface area contributed by atoms with Crippen LogP contribution in [0.1, 0.15) is 13.8 Å². The number of carbonyl (C=O) groups is 1. The third-order valence-corrected chi connectivity index (χ3v) is 3.63. The van der Waals surface area contributed by atoms with Gasteiger partial charge < -0.3 is 9.84 Å². The van der Waals surface area contributed by atoms with E-state index in [0.29, 0.717) is 6.08 Å². The lowest BCUT2D eigenvalue weighted by atomic mass is 10.2. The molecule has 0 aromatic heterocycles. The van der Waals surface area contributed by atoms with Crippen LogP contribution in [0.4, 0.5) is 0 Å². The molecule has 0 radical (unpaired) electrons. The van der Waals surface area contributed by atoms with Crippen molar-refractivity contribution in [2.75, 3.05) is 12.4 Å². The molecule has 0 rings (SSSR count). The molecule has 7 nitrogen and oxygen atoms in total. The molecule has 100 valence electrons. The molecule has 0 aromatic rings. The predicted octanol–water partition coefficient (Wildman–Crippen LogP) is -1.59. The fourth-order valence-electron chi connectivity index (χ4n) is 0.997. The van der Waals surface area contributed by atoms with Gasteiger partial charge in [-0.2, -0.15) is 0 Å². The van der Waals surface area contributed by atoms with E-state index in [-0.39, 0.29) is 12.2 Å². The smallest absolute Gasteiger partial charge is 0.333 e. The maximum absolute atomic E-state index is 11.2. The highest BCUT2D eigenvalue weighted by molar-refractivity contribution is 7.77. The largest absolute Gasteiger partial charge is 0.463 e. The Bertz CT molecular complexity index is 444. The van der Waals surface area contributed by atoms with Crippen molar-refractivity contribution >= 4 is 27.4 Å². The monoisotopic (exact) mass is 286 g/mol. The Morgan fingerprint density at radius 2 is 1.88 bits per heavy atom. The van der Waals surface area contributed by atoms with Crippen molar-refractivity contribution in [3.63, 3.8) is 0 Å². The Morgan fingerprint density at radius 3 is 2.24 bits per heavy atom. The van der Waals surface area contributed by atoms with E-state index in [2.05, 4.69) is 4.74 Å². The summed E-state index contributed by atoms with van der Waals surface area (Å²) in [4.78, 5) is 8.60. The highest BCUT2D eigenvalue weighted by Crippen LogP contribution is 2.12. The van der Waals surface area contributed by atoms with Crippen LogP contribution in [0.25, 0.3) is 0 Å². The molecular formula is C8H14O7S2. The quantitative estimate of drug-likeness (QED) is 0.306. The summed E-state index contributed by atoms with van der Waals surface area (Å²) < 4.78 is 47.1. The molecule has 0 aliphatic heterocycles. The molecule has 1 N–H and O–H groups in total. The second-order valence-electron chi connectivity index (χ2n) is 3.17. The summed E-state index contributed by atoms with van der Waals surface area (Å²) in [7, 11) is -6.57. The minimum Gasteiger partial charge on any atom is -0.463 e. The van der Waals surface area contributed by atoms with Crippen LogP contribution in [0.5, 0.6) is 0 Å². The average molecular weight is 286 g/mol. The molecule has 1 atom stereocenters. The SMILES string of the molecule is CCOC(=O)C(C)=CC(O)(C[SH](=O)=O)[SH](=O)=O. The van der Waals surface area contributed by atoms with E-state index in [1.165, 1.54) is 6.92 Å². The summed E-state index contributed by atoms with van der Waals surface area (Å²) in [5.74, 6) is -1.82. The van der Waals surface area contributed by atoms with Crippen molar-refractivity contribution in [3.05, 3.63) is 11.6 Å². The molecule has 0 spiro atoms. The van der Waals surface area contributed by atoms with Gasteiger partial charge in [-0.15, -0.1) is 0 Å². The Hall–Kier alpha value is -0.930. The van der Waals surface area contributed by atoms with Crippen LogP contribution in [0.3, 0.4) is 0 Å². The molecule has 0 bridgehead atoms. The van der Waals surface area contributed by atoms with Gasteiger partial charge >= 0.3 is 5.97 Å². The molecule has 0 saturated heterocycles. The minimum absolute atomic E-state index is 0.0851. The summed E-state index contributed by atoms with van der Waals surface area (Å²) in [5.41, 5.74) is -0.176. The first-order valence-corrected chi connectivity index (χ1v) is 7.12. The standard InChI is InChI=1S/C8H14O7S2/c1-3-15-7(9)6(2)4-8(10,17(13)14)5-16(11)12/h4,10,16-17H,3,5H2,1-2H3. The van der Waals surface area contributed by atoms with E-state index in [9.17, 15) is 26.7 Å². The zero-order chi connectivity index (χ0) is 13.6. The van der Waals surface area contributed by atoms with Gasteiger partial charge in [0.15, 0.2) is 15.6 Å². The molecule has 0 aliphatic carbocycles. The summed E-state index contributed by atoms with van der Waals surface area (Å²) >= 11 is 0. The summed E-state index contributed by atoms with van der Waals surface area (Å²) in [5, 5.41) is 9.58. The van der Waals surface area contributed by atoms with Gasteiger partial charge in [0.25, 0.3) is 0 Å². The zero-order valence-electron chi connectivity index (χ0n) is 9.28. The summed E-state index contributed by atoms with van der Waals surface area (Å²) in [6, 6.07) is 0. The Morgan fingerprint density at radius 1 is 1.35 bits per heavy atom. The van der Waals surface area contributed by atoms with Crippen molar-refractivity contribution in [1.29, 1.82) is 0 Å². The zero-order valence-corrected chi connectivity index (χ0v) is 11.1. The molecule has 9 heteroatoms.